The van der Waals surface area contributed by atoms with Crippen molar-refractivity contribution < 1.29 is 4.42 Å². The van der Waals surface area contributed by atoms with E-state index in [1.165, 1.54) is 6.33 Å². The molecule has 0 radical (unpaired) electrons. The monoisotopic (exact) mass is 254 g/mol. The fourth-order valence-electron chi connectivity index (χ4n) is 2.00. The summed E-state index contributed by atoms with van der Waals surface area (Å²) in [6, 6.07) is 9.39. The minimum absolute atomic E-state index is 0.0227. The molecule has 0 saturated carbocycles. The van der Waals surface area contributed by atoms with E-state index in [9.17, 15) is 0 Å². The van der Waals surface area contributed by atoms with Crippen LogP contribution in [0.25, 0.3) is 10.9 Å². The van der Waals surface area contributed by atoms with Gasteiger partial charge in [0.1, 0.15) is 17.9 Å². The number of anilines is 2. The molecule has 2 aromatic heterocycles. The Bertz CT molecular complexity index is 694. The Kier molecular flexibility index (Phi) is 2.79. The van der Waals surface area contributed by atoms with Gasteiger partial charge in [0, 0.05) is 11.1 Å². The summed E-state index contributed by atoms with van der Waals surface area (Å²) >= 11 is 0. The lowest BCUT2D eigenvalue weighted by Crippen LogP contribution is -2.07. The smallest absolute Gasteiger partial charge is 0.137 e. The zero-order chi connectivity index (χ0) is 13.2. The van der Waals surface area contributed by atoms with E-state index in [0.29, 0.717) is 5.69 Å². The van der Waals surface area contributed by atoms with Crippen molar-refractivity contribution in [3.05, 3.63) is 48.7 Å². The molecule has 96 valence electrons. The Morgan fingerprint density at radius 3 is 2.95 bits per heavy atom. The minimum atomic E-state index is 0.0227. The molecule has 0 aliphatic heterocycles. The number of nitrogens with zero attached hydrogens (tertiary/aromatic N) is 2. The maximum absolute atomic E-state index is 5.82. The highest BCUT2D eigenvalue weighted by atomic mass is 16.3. The van der Waals surface area contributed by atoms with Gasteiger partial charge in [-0.2, -0.15) is 0 Å². The highest BCUT2D eigenvalue weighted by Gasteiger charge is 2.11. The lowest BCUT2D eigenvalue weighted by molar-refractivity contribution is 0.490. The number of nitrogens with two attached hydrogens (primary N) is 1. The SMILES string of the molecule is CC(Nc1ncnc2ccc(N)cc12)c1ccco1. The van der Waals surface area contributed by atoms with Crippen molar-refractivity contribution in [2.45, 2.75) is 13.0 Å². The predicted octanol–water partition coefficient (Wildman–Crippen LogP) is 2.98. The molecule has 0 bridgehead atoms. The van der Waals surface area contributed by atoms with Gasteiger partial charge in [0.25, 0.3) is 0 Å². The number of benzene rings is 1. The predicted molar refractivity (Wildman–Crippen MR) is 74.7 cm³/mol. The first-order valence-corrected chi connectivity index (χ1v) is 6.04. The second-order valence-corrected chi connectivity index (χ2v) is 4.38. The standard InChI is InChI=1S/C14H14N4O/c1-9(13-3-2-6-19-13)18-14-11-7-10(15)4-5-12(11)16-8-17-14/h2-9H,15H2,1H3,(H,16,17,18). The van der Waals surface area contributed by atoms with Crippen LogP contribution >= 0.6 is 0 Å². The van der Waals surface area contributed by atoms with Crippen LogP contribution in [0.15, 0.2) is 47.3 Å². The van der Waals surface area contributed by atoms with Crippen molar-refractivity contribution in [3.8, 4) is 0 Å². The first kappa shape index (κ1) is 11.5. The van der Waals surface area contributed by atoms with Crippen molar-refractivity contribution in [1.29, 1.82) is 0 Å². The molecule has 0 spiro atoms. The van der Waals surface area contributed by atoms with E-state index in [2.05, 4.69) is 15.3 Å². The number of rotatable bonds is 3. The number of furan rings is 1. The molecule has 0 aliphatic carbocycles. The van der Waals surface area contributed by atoms with E-state index in [0.717, 1.165) is 22.5 Å². The highest BCUT2D eigenvalue weighted by molar-refractivity contribution is 5.91. The second-order valence-electron chi connectivity index (χ2n) is 4.38. The number of hydrogen-bond acceptors (Lipinski definition) is 5. The molecule has 0 fully saturated rings. The van der Waals surface area contributed by atoms with Gasteiger partial charge < -0.3 is 15.5 Å². The first-order valence-electron chi connectivity index (χ1n) is 6.04. The van der Waals surface area contributed by atoms with Crippen molar-refractivity contribution in [2.24, 2.45) is 0 Å². The molecule has 1 unspecified atom stereocenters. The van der Waals surface area contributed by atoms with Gasteiger partial charge >= 0.3 is 0 Å². The van der Waals surface area contributed by atoms with Crippen LogP contribution < -0.4 is 11.1 Å². The van der Waals surface area contributed by atoms with Gasteiger partial charge in [0.05, 0.1) is 17.8 Å². The number of fused-ring (bicyclic) bond motifs is 1. The summed E-state index contributed by atoms with van der Waals surface area (Å²) in [5.41, 5.74) is 7.37. The van der Waals surface area contributed by atoms with Crippen molar-refractivity contribution in [2.75, 3.05) is 11.1 Å². The molecular weight excluding hydrogens is 240 g/mol. The van der Waals surface area contributed by atoms with Crippen LogP contribution in [0.3, 0.4) is 0 Å². The number of nitrogen functional groups attached to an aromatic ring is 1. The van der Waals surface area contributed by atoms with E-state index in [4.69, 9.17) is 10.2 Å². The molecule has 5 heteroatoms. The average Bonchev–Trinajstić information content (AvgIpc) is 2.93. The van der Waals surface area contributed by atoms with Crippen molar-refractivity contribution >= 4 is 22.4 Å². The highest BCUT2D eigenvalue weighted by Crippen LogP contribution is 2.25. The average molecular weight is 254 g/mol. The fourth-order valence-corrected chi connectivity index (χ4v) is 2.00. The molecule has 0 saturated heterocycles. The van der Waals surface area contributed by atoms with E-state index in [-0.39, 0.29) is 6.04 Å². The van der Waals surface area contributed by atoms with Crippen LogP contribution in [-0.4, -0.2) is 9.97 Å². The molecule has 3 aromatic rings. The lowest BCUT2D eigenvalue weighted by Gasteiger charge is -2.13. The topological polar surface area (TPSA) is 77.0 Å². The first-order chi connectivity index (χ1) is 9.24. The van der Waals surface area contributed by atoms with Gasteiger partial charge in [0.2, 0.25) is 0 Å². The molecule has 19 heavy (non-hydrogen) atoms. The summed E-state index contributed by atoms with van der Waals surface area (Å²) in [6.45, 7) is 2.01. The minimum Gasteiger partial charge on any atom is -0.467 e. The van der Waals surface area contributed by atoms with Gasteiger partial charge in [-0.1, -0.05) is 0 Å². The molecule has 5 nitrogen and oxygen atoms in total. The normalized spacial score (nSPS) is 12.5. The Morgan fingerprint density at radius 2 is 2.16 bits per heavy atom. The zero-order valence-corrected chi connectivity index (χ0v) is 10.5. The second kappa shape index (κ2) is 4.61. The van der Waals surface area contributed by atoms with E-state index >= 15 is 0 Å². The van der Waals surface area contributed by atoms with Crippen molar-refractivity contribution in [3.63, 3.8) is 0 Å². The van der Waals surface area contributed by atoms with Crippen LogP contribution in [0.2, 0.25) is 0 Å². The third-order valence-electron chi connectivity index (χ3n) is 2.98. The van der Waals surface area contributed by atoms with E-state index < -0.39 is 0 Å². The van der Waals surface area contributed by atoms with E-state index in [1.807, 2.05) is 37.3 Å². The Morgan fingerprint density at radius 1 is 1.26 bits per heavy atom. The van der Waals surface area contributed by atoms with Crippen molar-refractivity contribution in [1.82, 2.24) is 9.97 Å². The van der Waals surface area contributed by atoms with Gasteiger partial charge in [-0.05, 0) is 37.3 Å². The van der Waals surface area contributed by atoms with Gasteiger partial charge in [-0.15, -0.1) is 0 Å². The van der Waals surface area contributed by atoms with Gasteiger partial charge in [0.15, 0.2) is 0 Å². The molecule has 0 amide bonds. The molecular formula is C14H14N4O. The molecule has 3 rings (SSSR count). The third-order valence-corrected chi connectivity index (χ3v) is 2.98. The summed E-state index contributed by atoms with van der Waals surface area (Å²) in [7, 11) is 0. The summed E-state index contributed by atoms with van der Waals surface area (Å²) < 4.78 is 5.37. The number of aromatic nitrogens is 2. The molecule has 1 atom stereocenters. The van der Waals surface area contributed by atoms with Crippen LogP contribution in [0, 0.1) is 0 Å². The molecule has 0 aliphatic rings. The van der Waals surface area contributed by atoms with Gasteiger partial charge in [-0.3, -0.25) is 0 Å². The van der Waals surface area contributed by atoms with Crippen LogP contribution in [0.1, 0.15) is 18.7 Å². The largest absolute Gasteiger partial charge is 0.467 e. The lowest BCUT2D eigenvalue weighted by atomic mass is 10.2. The van der Waals surface area contributed by atoms with E-state index in [1.54, 1.807) is 6.26 Å². The van der Waals surface area contributed by atoms with Gasteiger partial charge in [-0.25, -0.2) is 9.97 Å². The zero-order valence-electron chi connectivity index (χ0n) is 10.5. The van der Waals surface area contributed by atoms with Crippen LogP contribution in [0.4, 0.5) is 11.5 Å². The third kappa shape index (κ3) is 2.22. The summed E-state index contributed by atoms with van der Waals surface area (Å²) in [5.74, 6) is 1.61. The Labute approximate surface area is 110 Å². The molecule has 3 N–H and O–H groups in total. The number of nitrogens with one attached hydrogen (secondary N) is 1. The Balaban J connectivity index is 1.98. The van der Waals surface area contributed by atoms with Crippen LogP contribution in [-0.2, 0) is 0 Å². The summed E-state index contributed by atoms with van der Waals surface area (Å²) in [6.07, 6.45) is 3.19. The van der Waals surface area contributed by atoms with Crippen LogP contribution in [0.5, 0.6) is 0 Å². The summed E-state index contributed by atoms with van der Waals surface area (Å²) in [4.78, 5) is 8.50. The quantitative estimate of drug-likeness (QED) is 0.702. The summed E-state index contributed by atoms with van der Waals surface area (Å²) in [5, 5.41) is 4.22. The molecule has 2 heterocycles. The molecule has 1 aromatic carbocycles. The maximum Gasteiger partial charge on any atom is 0.137 e. The fraction of sp³-hybridized carbons (Fsp3) is 0.143. The Hall–Kier alpha value is -2.56. The maximum atomic E-state index is 5.82. The number of hydrogen-bond donors (Lipinski definition) is 2.